The molecule has 20 heavy (non-hydrogen) atoms. The average molecular weight is 301 g/mol. The van der Waals surface area contributed by atoms with Crippen molar-refractivity contribution in [2.45, 2.75) is 20.4 Å². The number of hydroxylamine groups is 2. The quantitative estimate of drug-likeness (QED) is 0.454. The maximum absolute atomic E-state index is 12.2. The van der Waals surface area contributed by atoms with E-state index < -0.39 is 19.7 Å². The summed E-state index contributed by atoms with van der Waals surface area (Å²) >= 11 is 0. The SMILES string of the molecule is CCOP(=O)(CC(=O)N(O)Cc1ccccc1)OCC. The Labute approximate surface area is 118 Å². The molecular formula is C13H20NO5P. The Morgan fingerprint density at radius 2 is 1.75 bits per heavy atom. The van der Waals surface area contributed by atoms with E-state index in [-0.39, 0.29) is 19.8 Å². The topological polar surface area (TPSA) is 76.1 Å². The first-order valence-electron chi connectivity index (χ1n) is 6.42. The van der Waals surface area contributed by atoms with Crippen molar-refractivity contribution in [3.8, 4) is 0 Å². The molecule has 0 radical (unpaired) electrons. The molecule has 0 aliphatic rings. The van der Waals surface area contributed by atoms with Gasteiger partial charge in [0.1, 0.15) is 6.16 Å². The molecular weight excluding hydrogens is 281 g/mol. The Kier molecular flexibility index (Phi) is 6.88. The lowest BCUT2D eigenvalue weighted by Gasteiger charge is -2.20. The number of carbonyl (C=O) groups is 1. The van der Waals surface area contributed by atoms with Gasteiger partial charge in [0.2, 0.25) is 0 Å². The molecule has 0 bridgehead atoms. The fourth-order valence-corrected chi connectivity index (χ4v) is 3.15. The molecule has 0 saturated heterocycles. The highest BCUT2D eigenvalue weighted by Crippen LogP contribution is 2.47. The Morgan fingerprint density at radius 1 is 1.20 bits per heavy atom. The van der Waals surface area contributed by atoms with Crippen LogP contribution in [0.1, 0.15) is 19.4 Å². The zero-order valence-corrected chi connectivity index (χ0v) is 12.6. The lowest BCUT2D eigenvalue weighted by molar-refractivity contribution is -0.165. The van der Waals surface area contributed by atoms with Crippen molar-refractivity contribution in [2.75, 3.05) is 19.4 Å². The molecule has 112 valence electrons. The molecule has 0 aromatic heterocycles. The van der Waals surface area contributed by atoms with E-state index in [0.29, 0.717) is 5.06 Å². The Bertz CT molecular complexity index is 455. The molecule has 0 aliphatic heterocycles. The monoisotopic (exact) mass is 301 g/mol. The van der Waals surface area contributed by atoms with Gasteiger partial charge in [-0.3, -0.25) is 14.6 Å². The summed E-state index contributed by atoms with van der Waals surface area (Å²) < 4.78 is 22.2. The van der Waals surface area contributed by atoms with E-state index in [0.717, 1.165) is 5.56 Å². The third-order valence-electron chi connectivity index (χ3n) is 2.44. The summed E-state index contributed by atoms with van der Waals surface area (Å²) in [5.41, 5.74) is 0.769. The molecule has 1 aromatic carbocycles. The summed E-state index contributed by atoms with van der Waals surface area (Å²) in [5.74, 6) is -0.695. The van der Waals surface area contributed by atoms with Crippen LogP contribution in [0.3, 0.4) is 0 Å². The molecule has 1 amide bonds. The maximum Gasteiger partial charge on any atom is 0.340 e. The molecule has 7 heteroatoms. The van der Waals surface area contributed by atoms with Gasteiger partial charge in [-0.1, -0.05) is 30.3 Å². The van der Waals surface area contributed by atoms with E-state index in [9.17, 15) is 14.6 Å². The van der Waals surface area contributed by atoms with Gasteiger partial charge in [-0.05, 0) is 19.4 Å². The molecule has 1 rings (SSSR count). The molecule has 0 fully saturated rings. The number of benzene rings is 1. The lowest BCUT2D eigenvalue weighted by Crippen LogP contribution is -2.30. The van der Waals surface area contributed by atoms with Gasteiger partial charge in [-0.2, -0.15) is 0 Å². The minimum atomic E-state index is -3.49. The smallest absolute Gasteiger partial charge is 0.309 e. The first-order chi connectivity index (χ1) is 9.50. The van der Waals surface area contributed by atoms with E-state index in [1.807, 2.05) is 6.07 Å². The number of hydrogen-bond donors (Lipinski definition) is 1. The molecule has 0 heterocycles. The lowest BCUT2D eigenvalue weighted by atomic mass is 10.2. The molecule has 1 aromatic rings. The summed E-state index contributed by atoms with van der Waals surface area (Å²) in [6.07, 6.45) is -0.474. The third-order valence-corrected chi connectivity index (χ3v) is 4.40. The van der Waals surface area contributed by atoms with Crippen LogP contribution in [0, 0.1) is 0 Å². The number of rotatable bonds is 8. The van der Waals surface area contributed by atoms with Crippen LogP contribution in [0.2, 0.25) is 0 Å². The van der Waals surface area contributed by atoms with E-state index in [4.69, 9.17) is 9.05 Å². The summed E-state index contributed by atoms with van der Waals surface area (Å²) in [7, 11) is -3.49. The maximum atomic E-state index is 12.2. The summed E-state index contributed by atoms with van der Waals surface area (Å²) in [5, 5.41) is 10.3. The van der Waals surface area contributed by atoms with Crippen LogP contribution in [0.4, 0.5) is 0 Å². The van der Waals surface area contributed by atoms with Gasteiger partial charge < -0.3 is 9.05 Å². The molecule has 0 aliphatic carbocycles. The molecule has 0 spiro atoms. The zero-order valence-electron chi connectivity index (χ0n) is 11.7. The number of hydrogen-bond acceptors (Lipinski definition) is 5. The van der Waals surface area contributed by atoms with Crippen LogP contribution < -0.4 is 0 Å². The highest BCUT2D eigenvalue weighted by atomic mass is 31.2. The predicted octanol–water partition coefficient (Wildman–Crippen LogP) is 2.67. The highest BCUT2D eigenvalue weighted by molar-refractivity contribution is 7.54. The normalized spacial score (nSPS) is 11.3. The number of amides is 1. The van der Waals surface area contributed by atoms with Gasteiger partial charge in [0.15, 0.2) is 0 Å². The van der Waals surface area contributed by atoms with Gasteiger partial charge in [0.05, 0.1) is 19.8 Å². The first-order valence-corrected chi connectivity index (χ1v) is 8.15. The fraction of sp³-hybridized carbons (Fsp3) is 0.462. The van der Waals surface area contributed by atoms with Crippen molar-refractivity contribution in [3.63, 3.8) is 0 Å². The number of nitrogens with zero attached hydrogens (tertiary/aromatic N) is 1. The van der Waals surface area contributed by atoms with Crippen molar-refractivity contribution in [2.24, 2.45) is 0 Å². The second kappa shape index (κ2) is 8.17. The predicted molar refractivity (Wildman–Crippen MR) is 74.5 cm³/mol. The van der Waals surface area contributed by atoms with Gasteiger partial charge in [-0.25, -0.2) is 5.06 Å². The summed E-state index contributed by atoms with van der Waals surface area (Å²) in [4.78, 5) is 11.9. The highest BCUT2D eigenvalue weighted by Gasteiger charge is 2.30. The largest absolute Gasteiger partial charge is 0.340 e. The summed E-state index contributed by atoms with van der Waals surface area (Å²) in [6.45, 7) is 3.70. The Morgan fingerprint density at radius 3 is 2.25 bits per heavy atom. The van der Waals surface area contributed by atoms with Crippen molar-refractivity contribution < 1.29 is 23.6 Å². The first kappa shape index (κ1) is 16.9. The Balaban J connectivity index is 2.62. The van der Waals surface area contributed by atoms with E-state index in [2.05, 4.69) is 0 Å². The standard InChI is InChI=1S/C13H20NO5P/c1-3-18-20(17,19-4-2)11-13(15)14(16)10-12-8-6-5-7-9-12/h5-9,16H,3-4,10-11H2,1-2H3. The van der Waals surface area contributed by atoms with Crippen LogP contribution in [-0.4, -0.2) is 35.6 Å². The van der Waals surface area contributed by atoms with Crippen LogP contribution in [0.15, 0.2) is 30.3 Å². The van der Waals surface area contributed by atoms with Crippen molar-refractivity contribution in [1.29, 1.82) is 0 Å². The minimum Gasteiger partial charge on any atom is -0.309 e. The fourth-order valence-electron chi connectivity index (χ4n) is 1.61. The minimum absolute atomic E-state index is 0.0257. The average Bonchev–Trinajstić information content (AvgIpc) is 2.40. The Hall–Kier alpha value is -1.20. The summed E-state index contributed by atoms with van der Waals surface area (Å²) in [6, 6.07) is 9.01. The molecule has 0 unspecified atom stereocenters. The molecule has 6 nitrogen and oxygen atoms in total. The van der Waals surface area contributed by atoms with Crippen molar-refractivity contribution >= 4 is 13.5 Å². The van der Waals surface area contributed by atoms with E-state index in [1.54, 1.807) is 38.1 Å². The second-order valence-corrected chi connectivity index (χ2v) is 6.10. The van der Waals surface area contributed by atoms with Crippen molar-refractivity contribution in [1.82, 2.24) is 5.06 Å². The van der Waals surface area contributed by atoms with Gasteiger partial charge in [0.25, 0.3) is 5.91 Å². The van der Waals surface area contributed by atoms with Crippen molar-refractivity contribution in [3.05, 3.63) is 35.9 Å². The van der Waals surface area contributed by atoms with Gasteiger partial charge in [0, 0.05) is 0 Å². The molecule has 0 saturated carbocycles. The second-order valence-electron chi connectivity index (χ2n) is 4.04. The van der Waals surface area contributed by atoms with Crippen LogP contribution in [0.5, 0.6) is 0 Å². The van der Waals surface area contributed by atoms with E-state index in [1.165, 1.54) is 0 Å². The van der Waals surface area contributed by atoms with Crippen LogP contribution in [-0.2, 0) is 25.0 Å². The zero-order chi connectivity index (χ0) is 15.0. The van der Waals surface area contributed by atoms with Gasteiger partial charge >= 0.3 is 7.60 Å². The molecule has 0 atom stereocenters. The third kappa shape index (κ3) is 5.43. The van der Waals surface area contributed by atoms with E-state index >= 15 is 0 Å². The van der Waals surface area contributed by atoms with Gasteiger partial charge in [-0.15, -0.1) is 0 Å². The number of carbonyl (C=O) groups excluding carboxylic acids is 1. The molecule has 1 N–H and O–H groups in total. The van der Waals surface area contributed by atoms with Crippen LogP contribution >= 0.6 is 7.60 Å². The van der Waals surface area contributed by atoms with Crippen LogP contribution in [0.25, 0.3) is 0 Å².